The zero-order valence-electron chi connectivity index (χ0n) is 6.15. The Morgan fingerprint density at radius 2 is 2.11 bits per heavy atom. The Bertz CT molecular complexity index is 132. The van der Waals surface area contributed by atoms with Crippen LogP contribution in [0, 0.1) is 5.41 Å². The lowest BCUT2D eigenvalue weighted by Gasteiger charge is -2.26. The minimum absolute atomic E-state index is 0.134. The van der Waals surface area contributed by atoms with Crippen molar-refractivity contribution in [3.8, 4) is 0 Å². The lowest BCUT2D eigenvalue weighted by molar-refractivity contribution is 0.0408. The second-order valence-corrected chi connectivity index (χ2v) is 3.41. The van der Waals surface area contributed by atoms with Crippen LogP contribution >= 0.6 is 0 Å². The summed E-state index contributed by atoms with van der Waals surface area (Å²) in [5.74, 6) is 0. The Kier molecular flexibility index (Phi) is 1.21. The lowest BCUT2D eigenvalue weighted by Crippen LogP contribution is -2.31. The molecule has 1 rings (SSSR count). The molecular formula is C8H14O. The van der Waals surface area contributed by atoms with Gasteiger partial charge in [0.25, 0.3) is 0 Å². The highest BCUT2D eigenvalue weighted by molar-refractivity contribution is 5.11. The van der Waals surface area contributed by atoms with Crippen molar-refractivity contribution in [2.24, 2.45) is 5.41 Å². The summed E-state index contributed by atoms with van der Waals surface area (Å²) in [6.45, 7) is 7.51. The number of hydrogen-bond acceptors (Lipinski definition) is 1. The molecule has 0 aromatic heterocycles. The zero-order valence-corrected chi connectivity index (χ0v) is 6.15. The quantitative estimate of drug-likeness (QED) is 0.558. The predicted molar refractivity (Wildman–Crippen MR) is 38.2 cm³/mol. The summed E-state index contributed by atoms with van der Waals surface area (Å²) >= 11 is 0. The standard InChI is InChI=1S/C8H14O/c1-4-8(3,9)7(2)5-6-7/h4,9H,1,5-6H2,2-3H3. The maximum atomic E-state index is 9.60. The van der Waals surface area contributed by atoms with Gasteiger partial charge in [-0.25, -0.2) is 0 Å². The molecule has 0 aliphatic heterocycles. The third-order valence-corrected chi connectivity index (χ3v) is 2.62. The molecule has 0 aromatic carbocycles. The zero-order chi connectivity index (χ0) is 7.12. The van der Waals surface area contributed by atoms with E-state index in [1.54, 1.807) is 6.08 Å². The summed E-state index contributed by atoms with van der Waals surface area (Å²) in [4.78, 5) is 0. The van der Waals surface area contributed by atoms with Gasteiger partial charge in [-0.1, -0.05) is 13.0 Å². The lowest BCUT2D eigenvalue weighted by atomic mass is 9.88. The molecule has 0 bridgehead atoms. The monoisotopic (exact) mass is 126 g/mol. The second-order valence-electron chi connectivity index (χ2n) is 3.41. The minimum atomic E-state index is -0.646. The fourth-order valence-electron chi connectivity index (χ4n) is 0.940. The van der Waals surface area contributed by atoms with Crippen LogP contribution in [0.4, 0.5) is 0 Å². The van der Waals surface area contributed by atoms with Crippen molar-refractivity contribution >= 4 is 0 Å². The van der Waals surface area contributed by atoms with E-state index < -0.39 is 5.60 Å². The van der Waals surface area contributed by atoms with Crippen LogP contribution in [-0.4, -0.2) is 10.7 Å². The SMILES string of the molecule is C=CC(C)(O)C1(C)CC1. The van der Waals surface area contributed by atoms with Crippen molar-refractivity contribution < 1.29 is 5.11 Å². The largest absolute Gasteiger partial charge is 0.386 e. The molecule has 1 aliphatic carbocycles. The van der Waals surface area contributed by atoms with Crippen LogP contribution in [0.3, 0.4) is 0 Å². The highest BCUT2D eigenvalue weighted by atomic mass is 16.3. The molecule has 9 heavy (non-hydrogen) atoms. The number of rotatable bonds is 2. The molecule has 1 N–H and O–H groups in total. The van der Waals surface area contributed by atoms with Crippen LogP contribution in [0.25, 0.3) is 0 Å². The first-order valence-electron chi connectivity index (χ1n) is 3.38. The van der Waals surface area contributed by atoms with Crippen molar-refractivity contribution in [3.63, 3.8) is 0 Å². The molecule has 1 aliphatic rings. The minimum Gasteiger partial charge on any atom is -0.386 e. The molecule has 0 aromatic rings. The molecule has 1 heteroatoms. The molecular weight excluding hydrogens is 112 g/mol. The second kappa shape index (κ2) is 1.60. The fourth-order valence-corrected chi connectivity index (χ4v) is 0.940. The third kappa shape index (κ3) is 0.897. The Hall–Kier alpha value is -0.300. The molecule has 0 spiro atoms. The number of hydrogen-bond donors (Lipinski definition) is 1. The molecule has 0 amide bonds. The highest BCUT2D eigenvalue weighted by Crippen LogP contribution is 2.53. The van der Waals surface area contributed by atoms with Gasteiger partial charge in [0.2, 0.25) is 0 Å². The molecule has 1 fully saturated rings. The molecule has 1 nitrogen and oxygen atoms in total. The molecule has 0 heterocycles. The van der Waals surface area contributed by atoms with Gasteiger partial charge in [-0.15, -0.1) is 6.58 Å². The van der Waals surface area contributed by atoms with Gasteiger partial charge in [-0.2, -0.15) is 0 Å². The Morgan fingerprint density at radius 1 is 1.67 bits per heavy atom. The van der Waals surface area contributed by atoms with Crippen molar-refractivity contribution in [2.75, 3.05) is 0 Å². The van der Waals surface area contributed by atoms with Gasteiger partial charge in [-0.05, 0) is 25.2 Å². The van der Waals surface area contributed by atoms with Crippen LogP contribution < -0.4 is 0 Å². The fraction of sp³-hybridized carbons (Fsp3) is 0.750. The van der Waals surface area contributed by atoms with Crippen LogP contribution in [0.1, 0.15) is 26.7 Å². The average Bonchev–Trinajstić information content (AvgIpc) is 2.49. The van der Waals surface area contributed by atoms with Crippen molar-refractivity contribution in [1.82, 2.24) is 0 Å². The molecule has 0 saturated heterocycles. The molecule has 0 radical (unpaired) electrons. The van der Waals surface area contributed by atoms with Crippen molar-refractivity contribution in [2.45, 2.75) is 32.3 Å². The Balaban J connectivity index is 2.69. The van der Waals surface area contributed by atoms with Gasteiger partial charge in [0, 0.05) is 0 Å². The summed E-state index contributed by atoms with van der Waals surface area (Å²) in [5, 5.41) is 9.60. The van der Waals surface area contributed by atoms with E-state index in [0.29, 0.717) is 0 Å². The van der Waals surface area contributed by atoms with Gasteiger partial charge in [-0.3, -0.25) is 0 Å². The van der Waals surface area contributed by atoms with Crippen LogP contribution in [0.15, 0.2) is 12.7 Å². The van der Waals surface area contributed by atoms with E-state index >= 15 is 0 Å². The summed E-state index contributed by atoms with van der Waals surface area (Å²) < 4.78 is 0. The predicted octanol–water partition coefficient (Wildman–Crippen LogP) is 1.72. The normalized spacial score (nSPS) is 28.8. The van der Waals surface area contributed by atoms with E-state index in [9.17, 15) is 5.11 Å². The average molecular weight is 126 g/mol. The van der Waals surface area contributed by atoms with E-state index in [1.165, 1.54) is 0 Å². The van der Waals surface area contributed by atoms with E-state index in [0.717, 1.165) is 12.8 Å². The Morgan fingerprint density at radius 3 is 2.22 bits per heavy atom. The first-order chi connectivity index (χ1) is 4.02. The number of aliphatic hydroxyl groups is 1. The van der Waals surface area contributed by atoms with Gasteiger partial charge < -0.3 is 5.11 Å². The van der Waals surface area contributed by atoms with Crippen LogP contribution in [-0.2, 0) is 0 Å². The molecule has 1 atom stereocenters. The topological polar surface area (TPSA) is 20.2 Å². The van der Waals surface area contributed by atoms with Crippen LogP contribution in [0.2, 0.25) is 0 Å². The maximum Gasteiger partial charge on any atom is 0.0850 e. The van der Waals surface area contributed by atoms with Crippen molar-refractivity contribution in [3.05, 3.63) is 12.7 Å². The Labute approximate surface area is 56.4 Å². The van der Waals surface area contributed by atoms with Crippen molar-refractivity contribution in [1.29, 1.82) is 0 Å². The smallest absolute Gasteiger partial charge is 0.0850 e. The van der Waals surface area contributed by atoms with Crippen LogP contribution in [0.5, 0.6) is 0 Å². The van der Waals surface area contributed by atoms with Gasteiger partial charge in [0.15, 0.2) is 0 Å². The summed E-state index contributed by atoms with van der Waals surface area (Å²) in [5.41, 5.74) is -0.512. The molecule has 1 saturated carbocycles. The van der Waals surface area contributed by atoms with E-state index in [1.807, 2.05) is 6.92 Å². The van der Waals surface area contributed by atoms with Gasteiger partial charge in [0.1, 0.15) is 0 Å². The first kappa shape index (κ1) is 6.81. The maximum absolute atomic E-state index is 9.60. The summed E-state index contributed by atoms with van der Waals surface area (Å²) in [6.07, 6.45) is 3.90. The van der Waals surface area contributed by atoms with E-state index in [2.05, 4.69) is 13.5 Å². The molecule has 52 valence electrons. The summed E-state index contributed by atoms with van der Waals surface area (Å²) in [6, 6.07) is 0. The summed E-state index contributed by atoms with van der Waals surface area (Å²) in [7, 11) is 0. The molecule has 1 unspecified atom stereocenters. The highest BCUT2D eigenvalue weighted by Gasteiger charge is 2.50. The van der Waals surface area contributed by atoms with E-state index in [4.69, 9.17) is 0 Å². The van der Waals surface area contributed by atoms with E-state index in [-0.39, 0.29) is 5.41 Å². The first-order valence-corrected chi connectivity index (χ1v) is 3.38. The third-order valence-electron chi connectivity index (χ3n) is 2.62. The van der Waals surface area contributed by atoms with Gasteiger partial charge in [0.05, 0.1) is 5.60 Å². The van der Waals surface area contributed by atoms with Gasteiger partial charge >= 0.3 is 0 Å².